The van der Waals surface area contributed by atoms with Crippen molar-refractivity contribution in [2.75, 3.05) is 18.1 Å². The monoisotopic (exact) mass is 469 g/mol. The molecule has 0 bridgehead atoms. The molecule has 2 N–H and O–H groups in total. The van der Waals surface area contributed by atoms with Crippen LogP contribution in [0.5, 0.6) is 0 Å². The van der Waals surface area contributed by atoms with E-state index in [0.717, 1.165) is 6.07 Å². The molecule has 1 heterocycles. The summed E-state index contributed by atoms with van der Waals surface area (Å²) in [5, 5.41) is 0. The van der Waals surface area contributed by atoms with Gasteiger partial charge in [0.15, 0.2) is 5.71 Å². The summed E-state index contributed by atoms with van der Waals surface area (Å²) in [6.07, 6.45) is 0.417. The second kappa shape index (κ2) is 8.04. The molecule has 0 amide bonds. The SMILES string of the molecule is CC1=[N+](CCCS(=O)(=O)O)c2ccc(S(=O)(=O)[O-])cc2C1(C)CCCS(=O)(=O)O. The normalized spacial score (nSPS) is 20.2. The molecule has 0 aromatic heterocycles. The Morgan fingerprint density at radius 3 is 2.07 bits per heavy atom. The third-order valence-corrected chi connectivity index (χ3v) is 7.65. The topological polar surface area (TPSA) is 169 Å². The predicted molar refractivity (Wildman–Crippen MR) is 104 cm³/mol. The van der Waals surface area contributed by atoms with Gasteiger partial charge in [0.05, 0.1) is 21.8 Å². The quantitative estimate of drug-likeness (QED) is 0.394. The van der Waals surface area contributed by atoms with E-state index < -0.39 is 52.2 Å². The first-order valence-electron chi connectivity index (χ1n) is 8.67. The highest BCUT2D eigenvalue weighted by atomic mass is 32.2. The van der Waals surface area contributed by atoms with Crippen LogP contribution in [0.25, 0.3) is 0 Å². The maximum absolute atomic E-state index is 11.5. The number of hydrogen-bond acceptors (Lipinski definition) is 7. The molecule has 0 saturated carbocycles. The molecular weight excluding hydrogens is 446 g/mol. The zero-order valence-electron chi connectivity index (χ0n) is 15.9. The first-order chi connectivity index (χ1) is 13.0. The lowest BCUT2D eigenvalue weighted by Gasteiger charge is -2.22. The van der Waals surface area contributed by atoms with Crippen LogP contribution in [0.1, 0.15) is 38.7 Å². The van der Waals surface area contributed by atoms with E-state index in [1.807, 2.05) is 0 Å². The van der Waals surface area contributed by atoms with Crippen LogP contribution in [0.15, 0.2) is 23.1 Å². The molecule has 29 heavy (non-hydrogen) atoms. The molecule has 1 aromatic rings. The third kappa shape index (κ3) is 5.83. The van der Waals surface area contributed by atoms with E-state index in [4.69, 9.17) is 9.11 Å². The minimum absolute atomic E-state index is 0.0827. The van der Waals surface area contributed by atoms with Gasteiger partial charge in [-0.15, -0.1) is 0 Å². The summed E-state index contributed by atoms with van der Waals surface area (Å²) in [6.45, 7) is 3.71. The summed E-state index contributed by atoms with van der Waals surface area (Å²) >= 11 is 0. The maximum atomic E-state index is 11.5. The van der Waals surface area contributed by atoms with Crippen molar-refractivity contribution in [1.29, 1.82) is 0 Å². The van der Waals surface area contributed by atoms with Gasteiger partial charge in [0.1, 0.15) is 16.7 Å². The van der Waals surface area contributed by atoms with E-state index in [-0.39, 0.29) is 25.8 Å². The molecule has 0 spiro atoms. The van der Waals surface area contributed by atoms with E-state index in [1.54, 1.807) is 18.4 Å². The van der Waals surface area contributed by atoms with Crippen molar-refractivity contribution in [2.45, 2.75) is 43.4 Å². The van der Waals surface area contributed by atoms with Crippen LogP contribution in [0.2, 0.25) is 0 Å². The van der Waals surface area contributed by atoms with Gasteiger partial charge >= 0.3 is 0 Å². The molecule has 1 atom stereocenters. The van der Waals surface area contributed by atoms with E-state index in [2.05, 4.69) is 0 Å². The fourth-order valence-corrected chi connectivity index (χ4v) is 5.14. The van der Waals surface area contributed by atoms with Crippen molar-refractivity contribution in [3.05, 3.63) is 23.8 Å². The maximum Gasteiger partial charge on any atom is 0.265 e. The minimum atomic E-state index is -4.72. The number of rotatable bonds is 9. The highest BCUT2D eigenvalue weighted by Gasteiger charge is 2.46. The van der Waals surface area contributed by atoms with Crippen LogP contribution >= 0.6 is 0 Å². The third-order valence-electron chi connectivity index (χ3n) is 5.21. The summed E-state index contributed by atoms with van der Waals surface area (Å²) in [7, 11) is -13.0. The van der Waals surface area contributed by atoms with E-state index >= 15 is 0 Å². The highest BCUT2D eigenvalue weighted by Crippen LogP contribution is 2.43. The van der Waals surface area contributed by atoms with Crippen LogP contribution < -0.4 is 0 Å². The molecule has 0 fully saturated rings. The Labute approximate surface area is 170 Å². The fraction of sp³-hybridized carbons (Fsp3) is 0.562. The molecule has 164 valence electrons. The second-order valence-electron chi connectivity index (χ2n) is 7.23. The lowest BCUT2D eigenvalue weighted by molar-refractivity contribution is -0.438. The average molecular weight is 470 g/mol. The van der Waals surface area contributed by atoms with Gasteiger partial charge < -0.3 is 4.55 Å². The number of fused-ring (bicyclic) bond motifs is 1. The summed E-state index contributed by atoms with van der Waals surface area (Å²) in [6, 6.07) is 3.86. The molecule has 1 aromatic carbocycles. The molecular formula is C16H23NO9S3. The summed E-state index contributed by atoms with van der Waals surface area (Å²) in [5.41, 5.74) is 0.936. The smallest absolute Gasteiger partial charge is 0.265 e. The van der Waals surface area contributed by atoms with E-state index in [0.29, 0.717) is 17.0 Å². The summed E-state index contributed by atoms with van der Waals surface area (Å²) in [5.74, 6) is -0.938. The summed E-state index contributed by atoms with van der Waals surface area (Å²) < 4.78 is 98.2. The van der Waals surface area contributed by atoms with Crippen molar-refractivity contribution in [3.8, 4) is 0 Å². The van der Waals surface area contributed by atoms with Gasteiger partial charge in [-0.25, -0.2) is 8.42 Å². The number of benzene rings is 1. The van der Waals surface area contributed by atoms with Gasteiger partial charge in [-0.05, 0) is 31.9 Å². The van der Waals surface area contributed by atoms with Crippen LogP contribution in [-0.2, 0) is 35.8 Å². The van der Waals surface area contributed by atoms with Gasteiger partial charge in [0.2, 0.25) is 5.69 Å². The van der Waals surface area contributed by atoms with Crippen molar-refractivity contribution in [2.24, 2.45) is 0 Å². The van der Waals surface area contributed by atoms with Crippen molar-refractivity contribution >= 4 is 41.8 Å². The highest BCUT2D eigenvalue weighted by molar-refractivity contribution is 7.86. The van der Waals surface area contributed by atoms with E-state index in [1.165, 1.54) is 12.1 Å². The van der Waals surface area contributed by atoms with Crippen molar-refractivity contribution in [3.63, 3.8) is 0 Å². The zero-order chi connectivity index (χ0) is 22.3. The molecule has 1 unspecified atom stereocenters. The number of hydrogen-bond donors (Lipinski definition) is 2. The molecule has 0 aliphatic carbocycles. The average Bonchev–Trinajstić information content (AvgIpc) is 2.73. The van der Waals surface area contributed by atoms with Gasteiger partial charge in [-0.3, -0.25) is 9.11 Å². The Morgan fingerprint density at radius 1 is 1.00 bits per heavy atom. The van der Waals surface area contributed by atoms with Gasteiger partial charge in [0, 0.05) is 25.0 Å². The summed E-state index contributed by atoms with van der Waals surface area (Å²) in [4.78, 5) is -0.426. The lowest BCUT2D eigenvalue weighted by atomic mass is 9.76. The molecule has 13 heteroatoms. The van der Waals surface area contributed by atoms with Crippen LogP contribution in [-0.4, -0.2) is 67.2 Å². The lowest BCUT2D eigenvalue weighted by Crippen LogP contribution is -2.31. The van der Waals surface area contributed by atoms with Crippen molar-refractivity contribution < 1.29 is 43.5 Å². The van der Waals surface area contributed by atoms with Crippen LogP contribution in [0, 0.1) is 0 Å². The first kappa shape index (κ1) is 23.9. The molecule has 2 rings (SSSR count). The molecule has 10 nitrogen and oxygen atoms in total. The Hall–Kier alpha value is -1.38. The van der Waals surface area contributed by atoms with Crippen molar-refractivity contribution in [1.82, 2.24) is 0 Å². The molecule has 0 radical (unpaired) electrons. The van der Waals surface area contributed by atoms with Gasteiger partial charge in [-0.2, -0.15) is 21.4 Å². The second-order valence-corrected chi connectivity index (χ2v) is 11.8. The molecule has 1 aliphatic rings. The van der Waals surface area contributed by atoms with Gasteiger partial charge in [-0.1, -0.05) is 0 Å². The Kier molecular flexibility index (Phi) is 6.62. The first-order valence-corrected chi connectivity index (χ1v) is 13.3. The van der Waals surface area contributed by atoms with Crippen LogP contribution in [0.4, 0.5) is 5.69 Å². The fourth-order valence-electron chi connectivity index (χ4n) is 3.64. The number of nitrogens with zero attached hydrogens (tertiary/aromatic N) is 1. The Morgan fingerprint density at radius 2 is 1.55 bits per heavy atom. The largest absolute Gasteiger partial charge is 0.744 e. The van der Waals surface area contributed by atoms with Crippen LogP contribution in [0.3, 0.4) is 0 Å². The van der Waals surface area contributed by atoms with Gasteiger partial charge in [0.25, 0.3) is 20.2 Å². The molecule has 1 aliphatic heterocycles. The minimum Gasteiger partial charge on any atom is -0.744 e. The predicted octanol–water partition coefficient (Wildman–Crippen LogP) is 0.913. The molecule has 0 saturated heterocycles. The van der Waals surface area contributed by atoms with E-state index in [9.17, 15) is 29.8 Å². The standard InChI is InChI=1S/C16H23NO9S3/c1-12-16(2,7-3-9-27(18,19)20)14-11-13(29(24,25)26)5-6-15(14)17(12)8-4-10-28(21,22)23/h5-6,11H,3-4,7-10H2,1-2H3,(H2-,18,19,20,21,22,23,24,25,26). The Balaban J connectivity index is 2.47. The zero-order valence-corrected chi connectivity index (χ0v) is 18.3. The Bertz CT molecular complexity index is 1150.